The van der Waals surface area contributed by atoms with Crippen molar-refractivity contribution >= 4 is 21.3 Å². The Kier molecular flexibility index (Phi) is 5.36. The van der Waals surface area contributed by atoms with Crippen LogP contribution < -0.4 is 4.74 Å². The molecule has 3 aromatic rings. The topological polar surface area (TPSA) is 99.9 Å². The van der Waals surface area contributed by atoms with E-state index in [9.17, 15) is 13.2 Å². The van der Waals surface area contributed by atoms with Gasteiger partial charge in [0.25, 0.3) is 0 Å². The Labute approximate surface area is 180 Å². The third-order valence-corrected chi connectivity index (χ3v) is 6.19. The highest BCUT2D eigenvalue weighted by molar-refractivity contribution is 7.90. The second kappa shape index (κ2) is 7.99. The number of carbonyl (C=O) groups is 1. The van der Waals surface area contributed by atoms with Crippen molar-refractivity contribution < 1.29 is 22.8 Å². The van der Waals surface area contributed by atoms with Gasteiger partial charge in [-0.1, -0.05) is 23.4 Å². The summed E-state index contributed by atoms with van der Waals surface area (Å²) in [6, 6.07) is 12.1. The summed E-state index contributed by atoms with van der Waals surface area (Å²) in [6.07, 6.45) is 3.05. The Bertz CT molecular complexity index is 1290. The molecule has 8 nitrogen and oxygen atoms in total. The zero-order valence-electron chi connectivity index (χ0n) is 17.3. The summed E-state index contributed by atoms with van der Waals surface area (Å²) in [5.74, 6) is 0.547. The highest BCUT2D eigenvalue weighted by atomic mass is 32.2. The fourth-order valence-corrected chi connectivity index (χ4v) is 4.49. The molecule has 160 valence electrons. The first-order chi connectivity index (χ1) is 14.8. The molecule has 0 fully saturated rings. The van der Waals surface area contributed by atoms with Crippen molar-refractivity contribution in [1.29, 1.82) is 0 Å². The Morgan fingerprint density at radius 1 is 1.13 bits per heavy atom. The number of rotatable bonds is 6. The van der Waals surface area contributed by atoms with Crippen molar-refractivity contribution in [3.63, 3.8) is 0 Å². The van der Waals surface area contributed by atoms with Gasteiger partial charge in [-0.25, -0.2) is 13.1 Å². The van der Waals surface area contributed by atoms with Gasteiger partial charge in [0.1, 0.15) is 17.9 Å². The smallest absolute Gasteiger partial charge is 0.228 e. The molecule has 9 heteroatoms. The molecular weight excluding hydrogens is 418 g/mol. The highest BCUT2D eigenvalue weighted by Gasteiger charge is 2.28. The van der Waals surface area contributed by atoms with Crippen molar-refractivity contribution in [2.75, 3.05) is 12.9 Å². The molecule has 0 N–H and O–H groups in total. The van der Waals surface area contributed by atoms with Crippen LogP contribution in [0, 0.1) is 6.92 Å². The summed E-state index contributed by atoms with van der Waals surface area (Å²) in [5, 5.41) is 8.17. The lowest BCUT2D eigenvalue weighted by Gasteiger charge is -2.15. The molecule has 1 aromatic heterocycles. The number of sulfone groups is 1. The number of ketones is 1. The molecule has 0 atom stereocenters. The minimum absolute atomic E-state index is 0.123. The van der Waals surface area contributed by atoms with Crippen LogP contribution >= 0.6 is 0 Å². The molecule has 4 rings (SSSR count). The third-order valence-electron chi connectivity index (χ3n) is 5.05. The number of nitrogens with zero attached hydrogens (tertiary/aromatic N) is 3. The minimum atomic E-state index is -3.53. The van der Waals surface area contributed by atoms with Crippen LogP contribution in [-0.2, 0) is 21.7 Å². The Morgan fingerprint density at radius 3 is 2.52 bits per heavy atom. The molecule has 0 saturated carbocycles. The quantitative estimate of drug-likeness (QED) is 0.547. The molecule has 0 spiro atoms. The molecule has 0 bridgehead atoms. The maximum Gasteiger partial charge on any atom is 0.228 e. The number of hydrogen-bond acceptors (Lipinski definition) is 7. The lowest BCUT2D eigenvalue weighted by Crippen LogP contribution is -2.14. The number of hydrogen-bond donors (Lipinski definition) is 0. The second-order valence-corrected chi connectivity index (χ2v) is 9.22. The van der Waals surface area contributed by atoms with Gasteiger partial charge in [-0.05, 0) is 36.8 Å². The van der Waals surface area contributed by atoms with Gasteiger partial charge in [-0.2, -0.15) is 5.10 Å². The first-order valence-corrected chi connectivity index (χ1v) is 11.5. The predicted octanol–water partition coefficient (Wildman–Crippen LogP) is 3.28. The van der Waals surface area contributed by atoms with Gasteiger partial charge < -0.3 is 9.57 Å². The van der Waals surface area contributed by atoms with Crippen LogP contribution in [0.2, 0.25) is 0 Å². The van der Waals surface area contributed by atoms with E-state index in [1.807, 2.05) is 18.2 Å². The standard InChI is InChI=1S/C22H21N3O5S/c1-14-16(9-10-19(31(3,27)28)20(14)18-11-12-29-24-18)21(26)17-13-23-25(2)22(17)30-15-7-5-4-6-8-15/h4-10,13H,11-12H2,1-3H3. The number of para-hydroxylation sites is 1. The van der Waals surface area contributed by atoms with E-state index in [1.54, 1.807) is 26.1 Å². The fourth-order valence-electron chi connectivity index (χ4n) is 3.53. The molecule has 0 aliphatic carbocycles. The molecule has 0 unspecified atom stereocenters. The van der Waals surface area contributed by atoms with Crippen molar-refractivity contribution in [2.24, 2.45) is 12.2 Å². The maximum atomic E-state index is 13.5. The molecule has 0 radical (unpaired) electrons. The van der Waals surface area contributed by atoms with Gasteiger partial charge in [0, 0.05) is 30.9 Å². The first kappa shape index (κ1) is 20.8. The maximum absolute atomic E-state index is 13.5. The van der Waals surface area contributed by atoms with Gasteiger partial charge in [0.05, 0.1) is 16.8 Å². The van der Waals surface area contributed by atoms with Gasteiger partial charge in [-0.15, -0.1) is 0 Å². The molecular formula is C22H21N3O5S. The first-order valence-electron chi connectivity index (χ1n) is 9.60. The predicted molar refractivity (Wildman–Crippen MR) is 115 cm³/mol. The van der Waals surface area contributed by atoms with Crippen molar-refractivity contribution in [3.05, 3.63) is 70.9 Å². The van der Waals surface area contributed by atoms with E-state index in [0.717, 1.165) is 6.26 Å². The van der Waals surface area contributed by atoms with E-state index < -0.39 is 9.84 Å². The van der Waals surface area contributed by atoms with E-state index in [0.29, 0.717) is 47.1 Å². The molecule has 0 amide bonds. The molecule has 2 aromatic carbocycles. The number of benzene rings is 2. The highest BCUT2D eigenvalue weighted by Crippen LogP contribution is 2.31. The summed E-state index contributed by atoms with van der Waals surface area (Å²) >= 11 is 0. The number of oxime groups is 1. The van der Waals surface area contributed by atoms with Gasteiger partial charge in [-0.3, -0.25) is 4.79 Å². The van der Waals surface area contributed by atoms with E-state index in [-0.39, 0.29) is 16.2 Å². The van der Waals surface area contributed by atoms with Crippen molar-refractivity contribution in [1.82, 2.24) is 9.78 Å². The number of aromatic nitrogens is 2. The van der Waals surface area contributed by atoms with Crippen LogP contribution in [0.25, 0.3) is 0 Å². The average Bonchev–Trinajstić information content (AvgIpc) is 3.38. The lowest BCUT2D eigenvalue weighted by molar-refractivity contribution is 0.103. The largest absolute Gasteiger partial charge is 0.439 e. The molecule has 1 aliphatic heterocycles. The summed E-state index contributed by atoms with van der Waals surface area (Å²) in [5.41, 5.74) is 2.08. The summed E-state index contributed by atoms with van der Waals surface area (Å²) in [7, 11) is -1.85. The molecule has 31 heavy (non-hydrogen) atoms. The van der Waals surface area contributed by atoms with Crippen LogP contribution in [0.15, 0.2) is 58.7 Å². The monoisotopic (exact) mass is 439 g/mol. The molecule has 1 aliphatic rings. The van der Waals surface area contributed by atoms with Crippen LogP contribution in [0.5, 0.6) is 11.6 Å². The minimum Gasteiger partial charge on any atom is -0.439 e. The summed E-state index contributed by atoms with van der Waals surface area (Å²) in [6.45, 7) is 2.08. The summed E-state index contributed by atoms with van der Waals surface area (Å²) < 4.78 is 32.1. The third kappa shape index (κ3) is 3.96. The van der Waals surface area contributed by atoms with Crippen LogP contribution in [-0.4, -0.2) is 42.6 Å². The van der Waals surface area contributed by atoms with Crippen LogP contribution in [0.4, 0.5) is 0 Å². The summed E-state index contributed by atoms with van der Waals surface area (Å²) in [4.78, 5) is 18.7. The van der Waals surface area contributed by atoms with E-state index in [4.69, 9.17) is 9.57 Å². The Hall–Kier alpha value is -3.46. The zero-order chi connectivity index (χ0) is 22.2. The second-order valence-electron chi connectivity index (χ2n) is 7.24. The van der Waals surface area contributed by atoms with E-state index in [2.05, 4.69) is 10.3 Å². The van der Waals surface area contributed by atoms with Gasteiger partial charge in [0.15, 0.2) is 15.6 Å². The molecule has 0 saturated heterocycles. The van der Waals surface area contributed by atoms with E-state index in [1.165, 1.54) is 23.0 Å². The van der Waals surface area contributed by atoms with Crippen molar-refractivity contribution in [2.45, 2.75) is 18.2 Å². The SMILES string of the molecule is Cc1c(C(=O)c2cnn(C)c2Oc2ccccc2)ccc(S(C)(=O)=O)c1C1=NOCC1. The number of carbonyl (C=O) groups excluding carboxylic acids is 1. The van der Waals surface area contributed by atoms with Crippen molar-refractivity contribution in [3.8, 4) is 11.6 Å². The lowest BCUT2D eigenvalue weighted by atomic mass is 9.93. The van der Waals surface area contributed by atoms with E-state index >= 15 is 0 Å². The Balaban J connectivity index is 1.81. The zero-order valence-corrected chi connectivity index (χ0v) is 18.1. The molecule has 2 heterocycles. The van der Waals surface area contributed by atoms with Gasteiger partial charge in [0.2, 0.25) is 5.88 Å². The number of aryl methyl sites for hydroxylation is 1. The average molecular weight is 439 g/mol. The normalized spacial score (nSPS) is 13.6. The Morgan fingerprint density at radius 2 is 1.87 bits per heavy atom. The fraction of sp³-hybridized carbons (Fsp3) is 0.227. The van der Waals surface area contributed by atoms with Gasteiger partial charge >= 0.3 is 0 Å². The van der Waals surface area contributed by atoms with Crippen LogP contribution in [0.1, 0.15) is 33.5 Å². The number of ether oxygens (including phenoxy) is 1. The van der Waals surface area contributed by atoms with Crippen LogP contribution in [0.3, 0.4) is 0 Å².